The average Bonchev–Trinajstić information content (AvgIpc) is 2.81. The summed E-state index contributed by atoms with van der Waals surface area (Å²) in [5.74, 6) is 0.876. The topological polar surface area (TPSA) is 14.2 Å². The van der Waals surface area contributed by atoms with E-state index in [-0.39, 0.29) is 0 Å². The van der Waals surface area contributed by atoms with Crippen molar-refractivity contribution in [1.29, 1.82) is 0 Å². The minimum absolute atomic E-state index is 0.739. The molecule has 0 N–H and O–H groups in total. The monoisotopic (exact) mass is 270 g/mol. The van der Waals surface area contributed by atoms with E-state index in [4.69, 9.17) is 16.3 Å². The van der Waals surface area contributed by atoms with Crippen LogP contribution in [0.2, 0.25) is 5.02 Å². The number of ether oxygens (including phenoxy) is 1. The second-order valence-electron chi connectivity index (χ2n) is 4.41. The van der Waals surface area contributed by atoms with Crippen molar-refractivity contribution in [2.24, 2.45) is 0 Å². The summed E-state index contributed by atoms with van der Waals surface area (Å²) in [6.45, 7) is 0.791. The molecule has 0 unspecified atom stereocenters. The molecule has 1 aromatic heterocycles. The van der Waals surface area contributed by atoms with Crippen molar-refractivity contribution < 1.29 is 4.74 Å². The number of fused-ring (bicyclic) bond motifs is 1. The predicted molar refractivity (Wildman–Crippen MR) is 77.9 cm³/mol. The molecule has 2 nitrogen and oxygen atoms in total. The largest absolute Gasteiger partial charge is 0.497 e. The van der Waals surface area contributed by atoms with Crippen LogP contribution < -0.4 is 4.74 Å². The Morgan fingerprint density at radius 1 is 1.21 bits per heavy atom. The van der Waals surface area contributed by atoms with Gasteiger partial charge in [-0.05, 0) is 35.9 Å². The van der Waals surface area contributed by atoms with Gasteiger partial charge in [0.05, 0.1) is 7.11 Å². The number of aromatic nitrogens is 1. The van der Waals surface area contributed by atoms with Crippen molar-refractivity contribution >= 4 is 22.5 Å². The molecular weight excluding hydrogens is 258 g/mol. The summed E-state index contributed by atoms with van der Waals surface area (Å²) < 4.78 is 7.40. The highest BCUT2D eigenvalue weighted by molar-refractivity contribution is 6.31. The number of hydrogen-bond donors (Lipinski definition) is 0. The molecule has 1 radical (unpaired) electrons. The number of nitrogens with zero attached hydrogens (tertiary/aromatic N) is 1. The first-order chi connectivity index (χ1) is 9.26. The van der Waals surface area contributed by atoms with Crippen LogP contribution in [-0.2, 0) is 6.54 Å². The average molecular weight is 271 g/mol. The molecule has 3 rings (SSSR count). The molecule has 0 saturated carbocycles. The maximum Gasteiger partial charge on any atom is 0.119 e. The summed E-state index contributed by atoms with van der Waals surface area (Å²) >= 11 is 5.98. The number of hydrogen-bond acceptors (Lipinski definition) is 1. The summed E-state index contributed by atoms with van der Waals surface area (Å²) in [5.41, 5.74) is 2.33. The van der Waals surface area contributed by atoms with E-state index in [1.807, 2.05) is 42.6 Å². The van der Waals surface area contributed by atoms with Gasteiger partial charge >= 0.3 is 0 Å². The molecule has 0 aliphatic rings. The maximum atomic E-state index is 5.98. The fraction of sp³-hybridized carbons (Fsp3) is 0.125. The summed E-state index contributed by atoms with van der Waals surface area (Å²) in [4.78, 5) is 0. The van der Waals surface area contributed by atoms with Crippen LogP contribution >= 0.6 is 11.6 Å². The van der Waals surface area contributed by atoms with E-state index in [1.54, 1.807) is 7.11 Å². The Kier molecular flexibility index (Phi) is 3.18. The highest BCUT2D eigenvalue weighted by atomic mass is 35.5. The molecule has 0 atom stereocenters. The first kappa shape index (κ1) is 12.1. The minimum Gasteiger partial charge on any atom is -0.497 e. The van der Waals surface area contributed by atoms with Crippen LogP contribution in [0.1, 0.15) is 5.56 Å². The highest BCUT2D eigenvalue weighted by Gasteiger charge is 2.03. The molecular formula is C16H13ClNO. The Hall–Kier alpha value is -1.93. The summed E-state index contributed by atoms with van der Waals surface area (Å²) in [6.07, 6.45) is 1.96. The molecule has 0 aliphatic heterocycles. The van der Waals surface area contributed by atoms with Gasteiger partial charge in [0.15, 0.2) is 0 Å². The Balaban J connectivity index is 1.96. The van der Waals surface area contributed by atoms with E-state index in [9.17, 15) is 0 Å². The SMILES string of the molecule is COc1cccc(Cn2c[c]c3cc(Cl)ccc32)c1. The summed E-state index contributed by atoms with van der Waals surface area (Å²) in [7, 11) is 1.68. The van der Waals surface area contributed by atoms with Crippen LogP contribution in [0.15, 0.2) is 48.7 Å². The quantitative estimate of drug-likeness (QED) is 0.697. The van der Waals surface area contributed by atoms with E-state index in [0.717, 1.165) is 28.2 Å². The zero-order valence-corrected chi connectivity index (χ0v) is 11.3. The zero-order chi connectivity index (χ0) is 13.2. The van der Waals surface area contributed by atoms with E-state index < -0.39 is 0 Å². The van der Waals surface area contributed by atoms with E-state index in [1.165, 1.54) is 5.56 Å². The lowest BCUT2D eigenvalue weighted by Gasteiger charge is -2.07. The Morgan fingerprint density at radius 3 is 2.95 bits per heavy atom. The minimum atomic E-state index is 0.739. The van der Waals surface area contributed by atoms with Gasteiger partial charge in [-0.2, -0.15) is 0 Å². The Bertz CT molecular complexity index is 718. The molecule has 0 fully saturated rings. The number of rotatable bonds is 3. The molecule has 0 bridgehead atoms. The van der Waals surface area contributed by atoms with Crippen LogP contribution in [0.25, 0.3) is 10.9 Å². The van der Waals surface area contributed by atoms with Crippen molar-refractivity contribution in [3.63, 3.8) is 0 Å². The second kappa shape index (κ2) is 4.98. The van der Waals surface area contributed by atoms with Crippen molar-refractivity contribution in [2.45, 2.75) is 6.54 Å². The van der Waals surface area contributed by atoms with E-state index in [2.05, 4.69) is 16.7 Å². The van der Waals surface area contributed by atoms with Gasteiger partial charge in [0, 0.05) is 34.7 Å². The fourth-order valence-corrected chi connectivity index (χ4v) is 2.36. The van der Waals surface area contributed by atoms with Crippen LogP contribution in [0.3, 0.4) is 0 Å². The van der Waals surface area contributed by atoms with Gasteiger partial charge < -0.3 is 9.30 Å². The van der Waals surface area contributed by atoms with E-state index in [0.29, 0.717) is 0 Å². The van der Waals surface area contributed by atoms with Crippen LogP contribution in [-0.4, -0.2) is 11.7 Å². The van der Waals surface area contributed by atoms with Gasteiger partial charge in [-0.1, -0.05) is 23.7 Å². The molecule has 3 heteroatoms. The molecule has 3 aromatic rings. The van der Waals surface area contributed by atoms with Crippen molar-refractivity contribution in [3.05, 3.63) is 65.3 Å². The van der Waals surface area contributed by atoms with Gasteiger partial charge in [0.25, 0.3) is 0 Å². The molecule has 0 aliphatic carbocycles. The predicted octanol–water partition coefficient (Wildman–Crippen LogP) is 4.15. The molecule has 1 heterocycles. The fourth-order valence-electron chi connectivity index (χ4n) is 2.19. The summed E-state index contributed by atoms with van der Waals surface area (Å²) in [5, 5.41) is 1.78. The molecule has 2 aromatic carbocycles. The second-order valence-corrected chi connectivity index (χ2v) is 4.85. The molecule has 95 valence electrons. The van der Waals surface area contributed by atoms with Gasteiger partial charge in [-0.3, -0.25) is 0 Å². The number of benzene rings is 2. The highest BCUT2D eigenvalue weighted by Crippen LogP contribution is 2.21. The molecule has 0 spiro atoms. The third kappa shape index (κ3) is 2.45. The zero-order valence-electron chi connectivity index (χ0n) is 10.6. The lowest BCUT2D eigenvalue weighted by Crippen LogP contribution is -1.98. The van der Waals surface area contributed by atoms with Gasteiger partial charge in [-0.15, -0.1) is 0 Å². The van der Waals surface area contributed by atoms with Crippen LogP contribution in [0, 0.1) is 6.07 Å². The Morgan fingerprint density at radius 2 is 2.11 bits per heavy atom. The third-order valence-electron chi connectivity index (χ3n) is 3.13. The Labute approximate surface area is 117 Å². The summed E-state index contributed by atoms with van der Waals surface area (Å²) in [6, 6.07) is 17.2. The van der Waals surface area contributed by atoms with Crippen molar-refractivity contribution in [1.82, 2.24) is 4.57 Å². The van der Waals surface area contributed by atoms with Crippen LogP contribution in [0.5, 0.6) is 5.75 Å². The molecule has 19 heavy (non-hydrogen) atoms. The first-order valence-electron chi connectivity index (χ1n) is 6.05. The lowest BCUT2D eigenvalue weighted by atomic mass is 10.2. The number of halogens is 1. The van der Waals surface area contributed by atoms with Gasteiger partial charge in [0.1, 0.15) is 5.75 Å². The standard InChI is InChI=1S/C16H13ClNO/c1-19-15-4-2-3-12(9-15)11-18-8-7-13-10-14(17)5-6-16(13)18/h2-6,8-10H,11H2,1H3. The van der Waals surface area contributed by atoms with E-state index >= 15 is 0 Å². The number of methoxy groups -OCH3 is 1. The lowest BCUT2D eigenvalue weighted by molar-refractivity contribution is 0.414. The maximum absolute atomic E-state index is 5.98. The first-order valence-corrected chi connectivity index (χ1v) is 6.43. The van der Waals surface area contributed by atoms with Gasteiger partial charge in [0.2, 0.25) is 0 Å². The van der Waals surface area contributed by atoms with Gasteiger partial charge in [-0.25, -0.2) is 0 Å². The smallest absolute Gasteiger partial charge is 0.119 e. The normalized spacial score (nSPS) is 10.8. The van der Waals surface area contributed by atoms with Crippen molar-refractivity contribution in [2.75, 3.05) is 7.11 Å². The van der Waals surface area contributed by atoms with Crippen LogP contribution in [0.4, 0.5) is 0 Å². The van der Waals surface area contributed by atoms with Crippen molar-refractivity contribution in [3.8, 4) is 5.75 Å². The third-order valence-corrected chi connectivity index (χ3v) is 3.37. The molecule has 0 amide bonds. The molecule has 0 saturated heterocycles.